The van der Waals surface area contributed by atoms with E-state index in [1.54, 1.807) is 0 Å². The van der Waals surface area contributed by atoms with Gasteiger partial charge in [0.25, 0.3) is 0 Å². The van der Waals surface area contributed by atoms with Gasteiger partial charge in [-0.15, -0.1) is 0 Å². The molecular weight excluding hydrogens is 258 g/mol. The van der Waals surface area contributed by atoms with E-state index in [0.29, 0.717) is 6.42 Å². The molecule has 1 rings (SSSR count). The molecule has 6 heteroatoms. The van der Waals surface area contributed by atoms with Crippen LogP contribution in [0.2, 0.25) is 0 Å². The Balaban J connectivity index is 2.77. The first kappa shape index (κ1) is 15.9. The van der Waals surface area contributed by atoms with Crippen LogP contribution in [0.5, 0.6) is 5.75 Å². The topological polar surface area (TPSA) is 84.3 Å². The zero-order chi connectivity index (χ0) is 15.2. The van der Waals surface area contributed by atoms with Crippen LogP contribution in [-0.2, 0) is 16.0 Å². The second kappa shape index (κ2) is 6.82. The van der Waals surface area contributed by atoms with E-state index in [1.165, 1.54) is 7.11 Å². The third-order valence-electron chi connectivity index (χ3n) is 2.44. The van der Waals surface area contributed by atoms with Crippen molar-refractivity contribution in [3.63, 3.8) is 0 Å². The summed E-state index contributed by atoms with van der Waals surface area (Å²) in [5.41, 5.74) is 9.07. The lowest BCUT2D eigenvalue weighted by atomic mass is 10.1. The predicted octanol–water partition coefficient (Wildman–Crippen LogP) is 3.26. The van der Waals surface area contributed by atoms with Crippen molar-refractivity contribution in [3.05, 3.63) is 40.3 Å². The van der Waals surface area contributed by atoms with Gasteiger partial charge in [-0.1, -0.05) is 17.2 Å². The predicted molar refractivity (Wildman–Crippen MR) is 75.5 cm³/mol. The molecule has 0 aliphatic rings. The van der Waals surface area contributed by atoms with E-state index in [9.17, 15) is 4.79 Å². The van der Waals surface area contributed by atoms with E-state index in [-0.39, 0.29) is 5.60 Å². The summed E-state index contributed by atoms with van der Waals surface area (Å²) in [6.07, 6.45) is 0.298. The monoisotopic (exact) mass is 277 g/mol. The van der Waals surface area contributed by atoms with E-state index < -0.39 is 12.0 Å². The maximum atomic E-state index is 11.4. The molecule has 0 N–H and O–H groups in total. The Labute approximate surface area is 118 Å². The molecule has 0 saturated carbocycles. The molecule has 0 saturated heterocycles. The smallest absolute Gasteiger partial charge is 0.314 e. The van der Waals surface area contributed by atoms with Gasteiger partial charge in [0.15, 0.2) is 0 Å². The quantitative estimate of drug-likeness (QED) is 0.358. The molecule has 1 aromatic carbocycles. The fraction of sp³-hybridized carbons (Fsp3) is 0.500. The Kier molecular flexibility index (Phi) is 5.41. The van der Waals surface area contributed by atoms with Crippen molar-refractivity contribution in [3.8, 4) is 5.75 Å². The minimum absolute atomic E-state index is 0.263. The number of ether oxygens (including phenoxy) is 2. The van der Waals surface area contributed by atoms with Crippen LogP contribution in [0.25, 0.3) is 10.4 Å². The van der Waals surface area contributed by atoms with Gasteiger partial charge in [0, 0.05) is 4.91 Å². The highest BCUT2D eigenvalue weighted by Crippen LogP contribution is 2.19. The number of carbonyl (C=O) groups is 1. The van der Waals surface area contributed by atoms with Gasteiger partial charge in [0.1, 0.15) is 17.4 Å². The first-order valence-electron chi connectivity index (χ1n) is 6.25. The van der Waals surface area contributed by atoms with Crippen molar-refractivity contribution in [2.75, 3.05) is 7.11 Å². The molecule has 0 aromatic heterocycles. The summed E-state index contributed by atoms with van der Waals surface area (Å²) in [7, 11) is 1.27. The molecule has 6 nitrogen and oxygen atoms in total. The SMILES string of the molecule is COC(=O)[C@H](Cc1ccc(OC(C)(C)C)cc1)N=[N+]=[N-]. The first-order valence-corrected chi connectivity index (χ1v) is 6.25. The molecule has 0 unspecified atom stereocenters. The molecule has 0 aliphatic carbocycles. The molecule has 108 valence electrons. The van der Waals surface area contributed by atoms with Gasteiger partial charge < -0.3 is 9.47 Å². The number of carbonyl (C=O) groups excluding carboxylic acids is 1. The molecule has 0 bridgehead atoms. The van der Waals surface area contributed by atoms with E-state index >= 15 is 0 Å². The number of benzene rings is 1. The minimum Gasteiger partial charge on any atom is -0.488 e. The number of esters is 1. The molecule has 20 heavy (non-hydrogen) atoms. The van der Waals surface area contributed by atoms with Crippen LogP contribution in [0, 0.1) is 0 Å². The number of hydrogen-bond donors (Lipinski definition) is 0. The molecular formula is C14H19N3O3. The Morgan fingerprint density at radius 3 is 2.40 bits per heavy atom. The van der Waals surface area contributed by atoms with Gasteiger partial charge in [-0.25, -0.2) is 0 Å². The Bertz CT molecular complexity index is 499. The van der Waals surface area contributed by atoms with Crippen molar-refractivity contribution in [1.82, 2.24) is 0 Å². The van der Waals surface area contributed by atoms with E-state index in [0.717, 1.165) is 11.3 Å². The average molecular weight is 277 g/mol. The molecule has 1 atom stereocenters. The molecule has 0 aliphatic heterocycles. The van der Waals surface area contributed by atoms with Crippen LogP contribution < -0.4 is 4.74 Å². The van der Waals surface area contributed by atoms with E-state index in [4.69, 9.17) is 10.3 Å². The fourth-order valence-electron chi connectivity index (χ4n) is 1.64. The van der Waals surface area contributed by atoms with Crippen LogP contribution in [0.3, 0.4) is 0 Å². The lowest BCUT2D eigenvalue weighted by Crippen LogP contribution is -2.23. The summed E-state index contributed by atoms with van der Waals surface area (Å²) >= 11 is 0. The van der Waals surface area contributed by atoms with Crippen LogP contribution in [0.1, 0.15) is 26.3 Å². The molecule has 0 fully saturated rings. The number of methoxy groups -OCH3 is 1. The zero-order valence-electron chi connectivity index (χ0n) is 12.2. The fourth-order valence-corrected chi connectivity index (χ4v) is 1.64. The van der Waals surface area contributed by atoms with E-state index in [1.807, 2.05) is 45.0 Å². The summed E-state index contributed by atoms with van der Waals surface area (Å²) in [4.78, 5) is 14.1. The van der Waals surface area contributed by atoms with Crippen LogP contribution in [-0.4, -0.2) is 24.7 Å². The Morgan fingerprint density at radius 1 is 1.35 bits per heavy atom. The van der Waals surface area contributed by atoms with Crippen molar-refractivity contribution in [2.45, 2.75) is 38.8 Å². The number of hydrogen-bond acceptors (Lipinski definition) is 4. The minimum atomic E-state index is -0.848. The summed E-state index contributed by atoms with van der Waals surface area (Å²) in [5, 5.41) is 3.45. The van der Waals surface area contributed by atoms with Gasteiger partial charge in [0.2, 0.25) is 0 Å². The molecule has 0 spiro atoms. The molecule has 0 radical (unpaired) electrons. The van der Waals surface area contributed by atoms with Crippen molar-refractivity contribution >= 4 is 5.97 Å². The Morgan fingerprint density at radius 2 is 1.95 bits per heavy atom. The van der Waals surface area contributed by atoms with Gasteiger partial charge in [-0.05, 0) is 50.4 Å². The third-order valence-corrected chi connectivity index (χ3v) is 2.44. The second-order valence-corrected chi connectivity index (χ2v) is 5.31. The van der Waals surface area contributed by atoms with Gasteiger partial charge in [0.05, 0.1) is 7.11 Å². The molecule has 0 amide bonds. The largest absolute Gasteiger partial charge is 0.488 e. The lowest BCUT2D eigenvalue weighted by Gasteiger charge is -2.21. The third kappa shape index (κ3) is 5.20. The van der Waals surface area contributed by atoms with Gasteiger partial charge >= 0.3 is 5.97 Å². The standard InChI is InChI=1S/C14H19N3O3/c1-14(2,3)20-11-7-5-10(6-8-11)9-12(16-17-15)13(18)19-4/h5-8,12H,9H2,1-4H3/t12-/m0/s1. The van der Waals surface area contributed by atoms with Crippen molar-refractivity contribution < 1.29 is 14.3 Å². The summed E-state index contributed by atoms with van der Waals surface area (Å²) < 4.78 is 10.3. The van der Waals surface area contributed by atoms with Crippen LogP contribution >= 0.6 is 0 Å². The summed E-state index contributed by atoms with van der Waals surface area (Å²) in [6.45, 7) is 5.90. The Hall–Kier alpha value is -2.20. The first-order chi connectivity index (χ1) is 9.35. The highest BCUT2D eigenvalue weighted by atomic mass is 16.5. The van der Waals surface area contributed by atoms with Gasteiger partial charge in [-0.2, -0.15) is 0 Å². The normalized spacial score (nSPS) is 12.2. The second-order valence-electron chi connectivity index (χ2n) is 5.31. The summed E-state index contributed by atoms with van der Waals surface area (Å²) in [6, 6.07) is 6.48. The van der Waals surface area contributed by atoms with Gasteiger partial charge in [-0.3, -0.25) is 4.79 Å². The van der Waals surface area contributed by atoms with Crippen molar-refractivity contribution in [2.24, 2.45) is 5.11 Å². The molecule has 0 heterocycles. The number of nitrogens with zero attached hydrogens (tertiary/aromatic N) is 3. The average Bonchev–Trinajstić information content (AvgIpc) is 2.38. The highest BCUT2D eigenvalue weighted by molar-refractivity contribution is 5.76. The number of azide groups is 1. The maximum Gasteiger partial charge on any atom is 0.314 e. The lowest BCUT2D eigenvalue weighted by molar-refractivity contribution is -0.142. The zero-order valence-corrected chi connectivity index (χ0v) is 12.2. The summed E-state index contributed by atoms with van der Waals surface area (Å²) in [5.74, 6) is 0.206. The van der Waals surface area contributed by atoms with Crippen LogP contribution in [0.4, 0.5) is 0 Å². The van der Waals surface area contributed by atoms with Crippen LogP contribution in [0.15, 0.2) is 29.4 Å². The van der Waals surface area contributed by atoms with Crippen molar-refractivity contribution in [1.29, 1.82) is 0 Å². The molecule has 1 aromatic rings. The maximum absolute atomic E-state index is 11.4. The number of rotatable bonds is 5. The highest BCUT2D eigenvalue weighted by Gasteiger charge is 2.18. The van der Waals surface area contributed by atoms with E-state index in [2.05, 4.69) is 14.8 Å².